The van der Waals surface area contributed by atoms with E-state index in [1.807, 2.05) is 0 Å². The van der Waals surface area contributed by atoms with Crippen LogP contribution in [0.2, 0.25) is 0 Å². The van der Waals surface area contributed by atoms with Crippen molar-refractivity contribution in [1.82, 2.24) is 5.32 Å². The molecule has 1 N–H and O–H groups in total. The number of alkyl halides is 3. The number of halogens is 3. The Labute approximate surface area is 161 Å². The second-order valence-corrected chi connectivity index (χ2v) is 8.36. The van der Waals surface area contributed by atoms with E-state index in [4.69, 9.17) is 0 Å². The molecule has 0 heterocycles. The predicted molar refractivity (Wildman–Crippen MR) is 97.6 cm³/mol. The summed E-state index contributed by atoms with van der Waals surface area (Å²) in [6.45, 7) is 0.224. The number of nitrogens with one attached hydrogen (secondary N) is 1. The third-order valence-electron chi connectivity index (χ3n) is 3.91. The van der Waals surface area contributed by atoms with Crippen LogP contribution in [0.3, 0.4) is 0 Å². The molecule has 0 aromatic heterocycles. The van der Waals surface area contributed by atoms with Gasteiger partial charge in [-0.1, -0.05) is 24.3 Å². The van der Waals surface area contributed by atoms with Gasteiger partial charge in [0.15, 0.2) is 9.84 Å². The van der Waals surface area contributed by atoms with Crippen molar-refractivity contribution in [3.8, 4) is 0 Å². The van der Waals surface area contributed by atoms with Gasteiger partial charge in [-0.05, 0) is 42.3 Å². The van der Waals surface area contributed by atoms with E-state index in [2.05, 4.69) is 10.1 Å². The lowest BCUT2D eigenvalue weighted by Crippen LogP contribution is -2.26. The van der Waals surface area contributed by atoms with Crippen LogP contribution >= 0.6 is 0 Å². The van der Waals surface area contributed by atoms with E-state index in [-0.39, 0.29) is 23.5 Å². The summed E-state index contributed by atoms with van der Waals surface area (Å²) in [4.78, 5) is 12.5. The summed E-state index contributed by atoms with van der Waals surface area (Å²) in [6.07, 6.45) is -3.26. The highest BCUT2D eigenvalue weighted by Gasteiger charge is 2.27. The van der Waals surface area contributed by atoms with Gasteiger partial charge in [0.05, 0.1) is 17.5 Å². The van der Waals surface area contributed by atoms with Crippen molar-refractivity contribution in [2.24, 2.45) is 0 Å². The van der Waals surface area contributed by atoms with Gasteiger partial charge >= 0.3 is 6.18 Å². The Hall–Kier alpha value is -2.39. The van der Waals surface area contributed by atoms with Crippen molar-refractivity contribution in [2.45, 2.75) is 30.6 Å². The second-order valence-electron chi connectivity index (χ2n) is 6.34. The third kappa shape index (κ3) is 6.65. The van der Waals surface area contributed by atoms with E-state index in [9.17, 15) is 26.4 Å². The first kappa shape index (κ1) is 21.9. The Morgan fingerprint density at radius 3 is 2.14 bits per heavy atom. The highest BCUT2D eigenvalue weighted by atomic mass is 32.2. The lowest BCUT2D eigenvalue weighted by atomic mass is 10.1. The van der Waals surface area contributed by atoms with Gasteiger partial charge in [0.25, 0.3) is 5.91 Å². The molecule has 0 aliphatic carbocycles. The molecule has 0 aliphatic heterocycles. The van der Waals surface area contributed by atoms with E-state index < -0.39 is 22.6 Å². The van der Waals surface area contributed by atoms with Crippen LogP contribution in [0.1, 0.15) is 34.5 Å². The average Bonchev–Trinajstić information content (AvgIpc) is 2.60. The molecule has 0 bridgehead atoms. The van der Waals surface area contributed by atoms with E-state index in [0.717, 1.165) is 11.8 Å². The Bertz CT molecular complexity index is 908. The van der Waals surface area contributed by atoms with Gasteiger partial charge in [0, 0.05) is 11.8 Å². The van der Waals surface area contributed by atoms with E-state index in [1.54, 1.807) is 19.1 Å². The standard InChI is InChI=1S/C19H20F3NO4S/c1-13(15-7-9-17(10-8-15)28(2,25)26)23-18(24)16-5-3-14(4-6-16)11-27-12-19(20,21)22/h3-10,13H,11-12H2,1-2H3,(H,23,24). The van der Waals surface area contributed by atoms with Gasteiger partial charge in [0.2, 0.25) is 0 Å². The fourth-order valence-corrected chi connectivity index (χ4v) is 3.03. The molecular formula is C19H20F3NO4S. The molecule has 28 heavy (non-hydrogen) atoms. The molecule has 0 spiro atoms. The van der Waals surface area contributed by atoms with Crippen molar-refractivity contribution in [2.75, 3.05) is 12.9 Å². The van der Waals surface area contributed by atoms with Crippen LogP contribution in [0, 0.1) is 0 Å². The minimum Gasteiger partial charge on any atom is -0.367 e. The number of sulfone groups is 1. The molecule has 2 aromatic carbocycles. The molecule has 0 saturated heterocycles. The van der Waals surface area contributed by atoms with Crippen LogP contribution in [-0.2, 0) is 21.2 Å². The molecule has 1 unspecified atom stereocenters. The molecule has 2 aromatic rings. The molecule has 152 valence electrons. The maximum absolute atomic E-state index is 12.3. The number of hydrogen-bond acceptors (Lipinski definition) is 4. The molecule has 0 radical (unpaired) electrons. The van der Waals surface area contributed by atoms with Crippen LogP contribution < -0.4 is 5.32 Å². The van der Waals surface area contributed by atoms with Gasteiger partial charge in [0.1, 0.15) is 6.61 Å². The zero-order chi connectivity index (χ0) is 20.9. The summed E-state index contributed by atoms with van der Waals surface area (Å²) in [5.41, 5.74) is 1.60. The monoisotopic (exact) mass is 415 g/mol. The maximum Gasteiger partial charge on any atom is 0.411 e. The largest absolute Gasteiger partial charge is 0.411 e. The number of benzene rings is 2. The molecule has 9 heteroatoms. The van der Waals surface area contributed by atoms with Gasteiger partial charge in [-0.3, -0.25) is 4.79 Å². The van der Waals surface area contributed by atoms with Crippen LogP contribution in [-0.4, -0.2) is 33.4 Å². The highest BCUT2D eigenvalue weighted by molar-refractivity contribution is 7.90. The zero-order valence-corrected chi connectivity index (χ0v) is 16.1. The SMILES string of the molecule is CC(NC(=O)c1ccc(COCC(F)(F)F)cc1)c1ccc(S(C)(=O)=O)cc1. The van der Waals surface area contributed by atoms with Crippen LogP contribution in [0.25, 0.3) is 0 Å². The number of carbonyl (C=O) groups is 1. The normalized spacial score (nSPS) is 13.2. The lowest BCUT2D eigenvalue weighted by Gasteiger charge is -2.15. The maximum atomic E-state index is 12.3. The summed E-state index contributed by atoms with van der Waals surface area (Å²) in [7, 11) is -3.29. The number of amides is 1. The quantitative estimate of drug-likeness (QED) is 0.749. The fourth-order valence-electron chi connectivity index (χ4n) is 2.40. The summed E-state index contributed by atoms with van der Waals surface area (Å²) in [5, 5.41) is 2.78. The highest BCUT2D eigenvalue weighted by Crippen LogP contribution is 2.18. The van der Waals surface area contributed by atoms with Crippen molar-refractivity contribution in [1.29, 1.82) is 0 Å². The first-order chi connectivity index (χ1) is 13.0. The first-order valence-corrected chi connectivity index (χ1v) is 10.2. The Morgan fingerprint density at radius 1 is 1.07 bits per heavy atom. The number of ether oxygens (including phenoxy) is 1. The van der Waals surface area contributed by atoms with Crippen LogP contribution in [0.15, 0.2) is 53.4 Å². The van der Waals surface area contributed by atoms with Gasteiger partial charge in [-0.15, -0.1) is 0 Å². The van der Waals surface area contributed by atoms with Crippen molar-refractivity contribution in [3.63, 3.8) is 0 Å². The van der Waals surface area contributed by atoms with E-state index in [0.29, 0.717) is 11.1 Å². The van der Waals surface area contributed by atoms with Crippen molar-refractivity contribution >= 4 is 15.7 Å². The molecule has 1 atom stereocenters. The Morgan fingerprint density at radius 2 is 1.64 bits per heavy atom. The number of carbonyl (C=O) groups excluding carboxylic acids is 1. The molecule has 5 nitrogen and oxygen atoms in total. The predicted octanol–water partition coefficient (Wildman–Crippen LogP) is 3.66. The lowest BCUT2D eigenvalue weighted by molar-refractivity contribution is -0.176. The van der Waals surface area contributed by atoms with Gasteiger partial charge in [-0.25, -0.2) is 8.42 Å². The fraction of sp³-hybridized carbons (Fsp3) is 0.316. The van der Waals surface area contributed by atoms with E-state index in [1.165, 1.54) is 36.4 Å². The minimum absolute atomic E-state index is 0.193. The molecule has 1 amide bonds. The smallest absolute Gasteiger partial charge is 0.367 e. The summed E-state index contributed by atoms with van der Waals surface area (Å²) in [6, 6.07) is 11.9. The van der Waals surface area contributed by atoms with E-state index >= 15 is 0 Å². The first-order valence-electron chi connectivity index (χ1n) is 8.30. The molecule has 0 aliphatic rings. The van der Waals surface area contributed by atoms with Gasteiger partial charge < -0.3 is 10.1 Å². The van der Waals surface area contributed by atoms with Crippen LogP contribution in [0.5, 0.6) is 0 Å². The Balaban J connectivity index is 1.94. The third-order valence-corrected chi connectivity index (χ3v) is 5.03. The summed E-state index contributed by atoms with van der Waals surface area (Å²) < 4.78 is 63.7. The van der Waals surface area contributed by atoms with Crippen molar-refractivity contribution in [3.05, 3.63) is 65.2 Å². The molecular weight excluding hydrogens is 395 g/mol. The molecule has 0 fully saturated rings. The topological polar surface area (TPSA) is 72.5 Å². The molecule has 0 saturated carbocycles. The zero-order valence-electron chi connectivity index (χ0n) is 15.3. The molecule has 2 rings (SSSR count). The average molecular weight is 415 g/mol. The second kappa shape index (κ2) is 8.74. The summed E-state index contributed by atoms with van der Waals surface area (Å²) in [5.74, 6) is -0.359. The Kier molecular flexibility index (Phi) is 6.84. The minimum atomic E-state index is -4.38. The van der Waals surface area contributed by atoms with Crippen LogP contribution in [0.4, 0.5) is 13.2 Å². The summed E-state index contributed by atoms with van der Waals surface area (Å²) >= 11 is 0. The van der Waals surface area contributed by atoms with Crippen molar-refractivity contribution < 1.29 is 31.1 Å². The van der Waals surface area contributed by atoms with Gasteiger partial charge in [-0.2, -0.15) is 13.2 Å². The number of hydrogen-bond donors (Lipinski definition) is 1. The number of rotatable bonds is 7.